The molecule has 2 heterocycles. The molecule has 2 aromatic rings. The normalized spacial score (nSPS) is 16.5. The van der Waals surface area contributed by atoms with Crippen LogP contribution in [-0.4, -0.2) is 41.7 Å². The molecule has 1 fully saturated rings. The number of benzene rings is 1. The second-order valence-corrected chi connectivity index (χ2v) is 6.91. The molecule has 1 atom stereocenters. The minimum Gasteiger partial charge on any atom is -0.481 e. The highest BCUT2D eigenvalue weighted by Gasteiger charge is 2.29. The standard InChI is InChI=1S/C20H26N2O4/c23-19(22-13-17(20(24)25)14-8-10-26-11-9-14)7-3-4-15-12-21-18-6-2-1-5-16(15)18/h1-2,5-6,12,14,17,21H,3-4,7-11,13H2,(H,22,23)(H,24,25). The van der Waals surface area contributed by atoms with Crippen molar-refractivity contribution in [1.82, 2.24) is 10.3 Å². The molecule has 6 nitrogen and oxygen atoms in total. The zero-order chi connectivity index (χ0) is 18.4. The van der Waals surface area contributed by atoms with E-state index in [1.54, 1.807) is 0 Å². The fourth-order valence-corrected chi connectivity index (χ4v) is 3.66. The van der Waals surface area contributed by atoms with Crippen LogP contribution in [-0.2, 0) is 20.7 Å². The van der Waals surface area contributed by atoms with Crippen molar-refractivity contribution in [2.75, 3.05) is 19.8 Å². The van der Waals surface area contributed by atoms with Crippen LogP contribution in [0.4, 0.5) is 0 Å². The number of hydrogen-bond donors (Lipinski definition) is 3. The Morgan fingerprint density at radius 1 is 1.27 bits per heavy atom. The van der Waals surface area contributed by atoms with Crippen molar-refractivity contribution in [3.05, 3.63) is 36.0 Å². The van der Waals surface area contributed by atoms with Gasteiger partial charge >= 0.3 is 5.97 Å². The van der Waals surface area contributed by atoms with Crippen molar-refractivity contribution < 1.29 is 19.4 Å². The first-order chi connectivity index (χ1) is 12.6. The van der Waals surface area contributed by atoms with Crippen LogP contribution in [0.5, 0.6) is 0 Å². The summed E-state index contributed by atoms with van der Waals surface area (Å²) in [5, 5.41) is 13.4. The molecule has 6 heteroatoms. The van der Waals surface area contributed by atoms with Crippen molar-refractivity contribution in [2.45, 2.75) is 32.1 Å². The Bertz CT molecular complexity index is 749. The van der Waals surface area contributed by atoms with Crippen LogP contribution in [0.3, 0.4) is 0 Å². The molecule has 0 aliphatic carbocycles. The van der Waals surface area contributed by atoms with E-state index in [2.05, 4.69) is 16.4 Å². The monoisotopic (exact) mass is 358 g/mol. The highest BCUT2D eigenvalue weighted by atomic mass is 16.5. The smallest absolute Gasteiger partial charge is 0.308 e. The lowest BCUT2D eigenvalue weighted by Crippen LogP contribution is -2.38. The van der Waals surface area contributed by atoms with Crippen molar-refractivity contribution in [1.29, 1.82) is 0 Å². The molecular weight excluding hydrogens is 332 g/mol. The quantitative estimate of drug-likeness (QED) is 0.677. The third kappa shape index (κ3) is 4.64. The third-order valence-corrected chi connectivity index (χ3v) is 5.20. The van der Waals surface area contributed by atoms with Gasteiger partial charge < -0.3 is 20.1 Å². The number of nitrogens with one attached hydrogen (secondary N) is 2. The van der Waals surface area contributed by atoms with Crippen molar-refractivity contribution in [3.63, 3.8) is 0 Å². The van der Waals surface area contributed by atoms with Crippen LogP contribution in [0.1, 0.15) is 31.2 Å². The lowest BCUT2D eigenvalue weighted by molar-refractivity contribution is -0.145. The predicted octanol–water partition coefficient (Wildman–Crippen LogP) is 2.73. The van der Waals surface area contributed by atoms with E-state index in [1.165, 1.54) is 10.9 Å². The predicted molar refractivity (Wildman–Crippen MR) is 98.9 cm³/mol. The third-order valence-electron chi connectivity index (χ3n) is 5.20. The largest absolute Gasteiger partial charge is 0.481 e. The fraction of sp³-hybridized carbons (Fsp3) is 0.500. The number of amides is 1. The summed E-state index contributed by atoms with van der Waals surface area (Å²) in [6.07, 6.45) is 5.44. The minimum atomic E-state index is -0.837. The number of hydrogen-bond acceptors (Lipinski definition) is 3. The molecule has 140 valence electrons. The molecule has 1 aliphatic rings. The number of rotatable bonds is 8. The van der Waals surface area contributed by atoms with Gasteiger partial charge in [-0.15, -0.1) is 0 Å². The molecule has 1 saturated heterocycles. The summed E-state index contributed by atoms with van der Waals surface area (Å²) >= 11 is 0. The van der Waals surface area contributed by atoms with E-state index >= 15 is 0 Å². The van der Waals surface area contributed by atoms with Crippen LogP contribution < -0.4 is 5.32 Å². The van der Waals surface area contributed by atoms with Gasteiger partial charge in [0.05, 0.1) is 5.92 Å². The topological polar surface area (TPSA) is 91.4 Å². The molecule has 1 aromatic heterocycles. The van der Waals surface area contributed by atoms with Crippen LogP contribution in [0.15, 0.2) is 30.5 Å². The number of aryl methyl sites for hydroxylation is 1. The highest BCUT2D eigenvalue weighted by molar-refractivity contribution is 5.83. The first-order valence-corrected chi connectivity index (χ1v) is 9.27. The zero-order valence-corrected chi connectivity index (χ0v) is 14.9. The number of carbonyl (C=O) groups is 2. The van der Waals surface area contributed by atoms with Gasteiger partial charge in [-0.3, -0.25) is 9.59 Å². The number of ether oxygens (including phenoxy) is 1. The molecule has 0 saturated carbocycles. The maximum atomic E-state index is 12.1. The molecule has 1 amide bonds. The van der Waals surface area contributed by atoms with Crippen LogP contribution in [0, 0.1) is 11.8 Å². The van der Waals surface area contributed by atoms with Gasteiger partial charge in [0.25, 0.3) is 0 Å². The van der Waals surface area contributed by atoms with E-state index in [-0.39, 0.29) is 18.4 Å². The van der Waals surface area contributed by atoms with E-state index < -0.39 is 11.9 Å². The number of aromatic amines is 1. The van der Waals surface area contributed by atoms with Crippen molar-refractivity contribution >= 4 is 22.8 Å². The Balaban J connectivity index is 1.44. The molecule has 3 N–H and O–H groups in total. The Hall–Kier alpha value is -2.34. The van der Waals surface area contributed by atoms with E-state index in [0.29, 0.717) is 19.6 Å². The molecular formula is C20H26N2O4. The second-order valence-electron chi connectivity index (χ2n) is 6.91. The van der Waals surface area contributed by atoms with Gasteiger partial charge in [0.1, 0.15) is 0 Å². The maximum absolute atomic E-state index is 12.1. The van der Waals surface area contributed by atoms with E-state index in [0.717, 1.165) is 31.2 Å². The Morgan fingerprint density at radius 3 is 2.81 bits per heavy atom. The summed E-state index contributed by atoms with van der Waals surface area (Å²) in [4.78, 5) is 26.9. The van der Waals surface area contributed by atoms with Crippen molar-refractivity contribution in [2.24, 2.45) is 11.8 Å². The number of carboxylic acids is 1. The number of aliphatic carboxylic acids is 1. The molecule has 1 aromatic carbocycles. The minimum absolute atomic E-state index is 0.0766. The summed E-state index contributed by atoms with van der Waals surface area (Å²) in [7, 11) is 0. The molecule has 1 unspecified atom stereocenters. The Kier molecular flexibility index (Phi) is 6.28. The molecule has 0 bridgehead atoms. The molecule has 0 radical (unpaired) electrons. The lowest BCUT2D eigenvalue weighted by atomic mass is 9.86. The fourth-order valence-electron chi connectivity index (χ4n) is 3.66. The maximum Gasteiger partial charge on any atom is 0.308 e. The van der Waals surface area contributed by atoms with E-state index in [1.807, 2.05) is 24.4 Å². The van der Waals surface area contributed by atoms with Gasteiger partial charge in [0.15, 0.2) is 0 Å². The average Bonchev–Trinajstić information content (AvgIpc) is 3.06. The second kappa shape index (κ2) is 8.85. The first-order valence-electron chi connectivity index (χ1n) is 9.27. The van der Waals surface area contributed by atoms with E-state index in [9.17, 15) is 14.7 Å². The van der Waals surface area contributed by atoms with Gasteiger partial charge in [0, 0.05) is 43.3 Å². The van der Waals surface area contributed by atoms with E-state index in [4.69, 9.17) is 4.74 Å². The van der Waals surface area contributed by atoms with Crippen molar-refractivity contribution in [3.8, 4) is 0 Å². The Morgan fingerprint density at radius 2 is 2.04 bits per heavy atom. The van der Waals surface area contributed by atoms with Gasteiger partial charge in [-0.25, -0.2) is 0 Å². The molecule has 1 aliphatic heterocycles. The lowest BCUT2D eigenvalue weighted by Gasteiger charge is -2.27. The number of H-pyrrole nitrogens is 1. The average molecular weight is 358 g/mol. The summed E-state index contributed by atoms with van der Waals surface area (Å²) in [6.45, 7) is 1.41. The summed E-state index contributed by atoms with van der Waals surface area (Å²) in [5.41, 5.74) is 2.31. The van der Waals surface area contributed by atoms with Gasteiger partial charge in [0.2, 0.25) is 5.91 Å². The molecule has 26 heavy (non-hydrogen) atoms. The molecule has 3 rings (SSSR count). The highest BCUT2D eigenvalue weighted by Crippen LogP contribution is 2.24. The number of para-hydroxylation sites is 1. The summed E-state index contributed by atoms with van der Waals surface area (Å²) < 4.78 is 5.29. The molecule has 0 spiro atoms. The SMILES string of the molecule is O=C(CCCc1c[nH]c2ccccc12)NCC(C(=O)O)C1CCOCC1. The van der Waals surface area contributed by atoms with Gasteiger partial charge in [-0.2, -0.15) is 0 Å². The van der Waals surface area contributed by atoms with Crippen LogP contribution in [0.25, 0.3) is 10.9 Å². The zero-order valence-electron chi connectivity index (χ0n) is 14.9. The van der Waals surface area contributed by atoms with Crippen LogP contribution >= 0.6 is 0 Å². The number of aromatic nitrogens is 1. The van der Waals surface area contributed by atoms with Gasteiger partial charge in [-0.05, 0) is 43.2 Å². The van der Waals surface area contributed by atoms with Gasteiger partial charge in [-0.1, -0.05) is 18.2 Å². The van der Waals surface area contributed by atoms with Crippen LogP contribution in [0.2, 0.25) is 0 Å². The summed E-state index contributed by atoms with van der Waals surface area (Å²) in [5.74, 6) is -1.37. The number of carboxylic acid groups (broad SMARTS) is 1. The first kappa shape index (κ1) is 18.5. The number of carbonyl (C=O) groups excluding carboxylic acids is 1. The summed E-state index contributed by atoms with van der Waals surface area (Å²) in [6, 6.07) is 8.11. The number of fused-ring (bicyclic) bond motifs is 1. The Labute approximate surface area is 152 Å².